The number of hydrogen-bond donors (Lipinski definition) is 1. The molecule has 0 saturated heterocycles. The second-order valence-electron chi connectivity index (χ2n) is 4.03. The van der Waals surface area contributed by atoms with Crippen LogP contribution in [0, 0.1) is 0 Å². The van der Waals surface area contributed by atoms with Crippen LogP contribution in [-0.2, 0) is 6.61 Å². The van der Waals surface area contributed by atoms with Gasteiger partial charge in [-0.1, -0.05) is 58.0 Å². The molecule has 0 radical (unpaired) electrons. The first kappa shape index (κ1) is 17.6. The molecule has 0 bridgehead atoms. The molecule has 0 spiro atoms. The van der Waals surface area contributed by atoms with Crippen LogP contribution in [0.5, 0.6) is 5.75 Å². The van der Waals surface area contributed by atoms with Gasteiger partial charge in [0.2, 0.25) is 0 Å². The van der Waals surface area contributed by atoms with E-state index in [2.05, 4.69) is 5.32 Å². The molecule has 1 heterocycles. The van der Waals surface area contributed by atoms with Gasteiger partial charge in [0.1, 0.15) is 22.4 Å². The summed E-state index contributed by atoms with van der Waals surface area (Å²) >= 11 is 29.8. The Morgan fingerprint density at radius 3 is 2.14 bits per heavy atom. The molecule has 118 valence electrons. The Morgan fingerprint density at radius 2 is 1.59 bits per heavy atom. The standard InChI is InChI=1S/C13H8Cl5NO3/c1-19-13(20)6-3-2-5(22-6)4-21-12-10(17)8(15)7(14)9(16)11(12)18/h2-3H,4H2,1H3,(H,19,20). The maximum absolute atomic E-state index is 11.4. The van der Waals surface area contributed by atoms with Crippen LogP contribution in [0.3, 0.4) is 0 Å². The summed E-state index contributed by atoms with van der Waals surface area (Å²) in [6, 6.07) is 3.11. The number of nitrogens with one attached hydrogen (secondary N) is 1. The molecule has 1 aromatic carbocycles. The lowest BCUT2D eigenvalue weighted by atomic mass is 10.3. The van der Waals surface area contributed by atoms with Crippen molar-refractivity contribution >= 4 is 63.9 Å². The van der Waals surface area contributed by atoms with E-state index in [1.807, 2.05) is 0 Å². The second kappa shape index (κ2) is 7.20. The van der Waals surface area contributed by atoms with Crippen molar-refractivity contribution in [1.82, 2.24) is 5.32 Å². The number of benzene rings is 1. The fourth-order valence-electron chi connectivity index (χ4n) is 1.56. The first-order valence-corrected chi connectivity index (χ1v) is 7.70. The summed E-state index contributed by atoms with van der Waals surface area (Å²) in [5, 5.41) is 2.65. The molecule has 0 atom stereocenters. The molecular weight excluding hydrogens is 395 g/mol. The molecule has 1 N–H and O–H groups in total. The molecule has 1 amide bonds. The van der Waals surface area contributed by atoms with Gasteiger partial charge < -0.3 is 14.5 Å². The first-order valence-electron chi connectivity index (χ1n) is 5.81. The number of rotatable bonds is 4. The fourth-order valence-corrected chi connectivity index (χ4v) is 2.79. The van der Waals surface area contributed by atoms with E-state index in [9.17, 15) is 4.79 Å². The topological polar surface area (TPSA) is 51.5 Å². The highest BCUT2D eigenvalue weighted by Gasteiger charge is 2.21. The van der Waals surface area contributed by atoms with E-state index in [0.29, 0.717) is 5.76 Å². The van der Waals surface area contributed by atoms with Crippen molar-refractivity contribution in [3.8, 4) is 5.75 Å². The van der Waals surface area contributed by atoms with Crippen LogP contribution in [-0.4, -0.2) is 13.0 Å². The van der Waals surface area contributed by atoms with Crippen molar-refractivity contribution in [3.05, 3.63) is 48.8 Å². The highest BCUT2D eigenvalue weighted by Crippen LogP contribution is 2.48. The Labute approximate surface area is 151 Å². The molecule has 2 rings (SSSR count). The molecule has 9 heteroatoms. The lowest BCUT2D eigenvalue weighted by molar-refractivity contribution is 0.0931. The maximum atomic E-state index is 11.4. The fraction of sp³-hybridized carbons (Fsp3) is 0.154. The number of halogens is 5. The third-order valence-electron chi connectivity index (χ3n) is 2.64. The molecule has 22 heavy (non-hydrogen) atoms. The van der Waals surface area contributed by atoms with Crippen LogP contribution in [0.25, 0.3) is 0 Å². The predicted molar refractivity (Wildman–Crippen MR) is 87.9 cm³/mol. The van der Waals surface area contributed by atoms with Crippen molar-refractivity contribution in [2.75, 3.05) is 7.05 Å². The molecule has 0 saturated carbocycles. The molecular formula is C13H8Cl5NO3. The van der Waals surface area contributed by atoms with E-state index in [4.69, 9.17) is 67.2 Å². The monoisotopic (exact) mass is 401 g/mol. The van der Waals surface area contributed by atoms with E-state index in [1.165, 1.54) is 13.1 Å². The van der Waals surface area contributed by atoms with Gasteiger partial charge in [-0.05, 0) is 12.1 Å². The minimum atomic E-state index is -0.347. The van der Waals surface area contributed by atoms with Crippen LogP contribution in [0.2, 0.25) is 25.1 Å². The predicted octanol–water partition coefficient (Wildman–Crippen LogP) is 5.49. The van der Waals surface area contributed by atoms with Gasteiger partial charge in [-0.2, -0.15) is 0 Å². The smallest absolute Gasteiger partial charge is 0.286 e. The van der Waals surface area contributed by atoms with E-state index in [0.717, 1.165) is 0 Å². The van der Waals surface area contributed by atoms with Gasteiger partial charge in [0.15, 0.2) is 11.5 Å². The quantitative estimate of drug-likeness (QED) is 0.543. The van der Waals surface area contributed by atoms with Crippen LogP contribution in [0.4, 0.5) is 0 Å². The number of carbonyl (C=O) groups excluding carboxylic acids is 1. The van der Waals surface area contributed by atoms with Crippen LogP contribution in [0.15, 0.2) is 16.5 Å². The number of amides is 1. The van der Waals surface area contributed by atoms with E-state index < -0.39 is 0 Å². The third kappa shape index (κ3) is 3.42. The summed E-state index contributed by atoms with van der Waals surface area (Å²) in [5.74, 6) is 0.291. The van der Waals surface area contributed by atoms with Gasteiger partial charge in [0.05, 0.1) is 15.1 Å². The summed E-state index contributed by atoms with van der Waals surface area (Å²) in [6.45, 7) is -0.0231. The molecule has 1 aromatic heterocycles. The summed E-state index contributed by atoms with van der Waals surface area (Å²) < 4.78 is 10.8. The maximum Gasteiger partial charge on any atom is 0.286 e. The zero-order valence-electron chi connectivity index (χ0n) is 11.0. The van der Waals surface area contributed by atoms with Crippen molar-refractivity contribution in [3.63, 3.8) is 0 Å². The average molecular weight is 403 g/mol. The summed E-state index contributed by atoms with van der Waals surface area (Å²) in [7, 11) is 1.50. The van der Waals surface area contributed by atoms with E-state index in [1.54, 1.807) is 6.07 Å². The first-order chi connectivity index (χ1) is 10.4. The van der Waals surface area contributed by atoms with Crippen LogP contribution in [0.1, 0.15) is 16.3 Å². The Balaban J connectivity index is 2.22. The number of hydrogen-bond acceptors (Lipinski definition) is 3. The third-order valence-corrected chi connectivity index (χ3v) is 4.88. The highest BCUT2D eigenvalue weighted by molar-refractivity contribution is 6.55. The molecule has 0 aliphatic carbocycles. The minimum Gasteiger partial charge on any atom is -0.482 e. The molecule has 2 aromatic rings. The number of furan rings is 1. The largest absolute Gasteiger partial charge is 0.482 e. The minimum absolute atomic E-state index is 0.0231. The Hall–Kier alpha value is -0.780. The Kier molecular flexibility index (Phi) is 5.75. The number of carbonyl (C=O) groups is 1. The van der Waals surface area contributed by atoms with Crippen molar-refractivity contribution in [1.29, 1.82) is 0 Å². The normalized spacial score (nSPS) is 10.6. The molecule has 0 fully saturated rings. The number of ether oxygens (including phenoxy) is 1. The Bertz CT molecular complexity index is 700. The average Bonchev–Trinajstić information content (AvgIpc) is 2.99. The summed E-state index contributed by atoms with van der Waals surface area (Å²) in [4.78, 5) is 11.4. The van der Waals surface area contributed by atoms with E-state index in [-0.39, 0.29) is 49.1 Å². The lowest BCUT2D eigenvalue weighted by Crippen LogP contribution is -2.16. The van der Waals surface area contributed by atoms with E-state index >= 15 is 0 Å². The molecule has 0 unspecified atom stereocenters. The van der Waals surface area contributed by atoms with Gasteiger partial charge in [0, 0.05) is 7.05 Å². The second-order valence-corrected chi connectivity index (χ2v) is 5.92. The Morgan fingerprint density at radius 1 is 1.05 bits per heavy atom. The summed E-state index contributed by atoms with van der Waals surface area (Å²) in [5.41, 5.74) is 0. The zero-order chi connectivity index (χ0) is 16.4. The van der Waals surface area contributed by atoms with Gasteiger partial charge in [-0.3, -0.25) is 4.79 Å². The van der Waals surface area contributed by atoms with Crippen molar-refractivity contribution in [2.45, 2.75) is 6.61 Å². The van der Waals surface area contributed by atoms with Crippen molar-refractivity contribution < 1.29 is 13.9 Å². The van der Waals surface area contributed by atoms with Crippen LogP contribution >= 0.6 is 58.0 Å². The zero-order valence-corrected chi connectivity index (χ0v) is 14.8. The highest BCUT2D eigenvalue weighted by atomic mass is 35.5. The molecule has 0 aliphatic heterocycles. The van der Waals surface area contributed by atoms with Gasteiger partial charge in [-0.15, -0.1) is 0 Å². The molecule has 0 aliphatic rings. The lowest BCUT2D eigenvalue weighted by Gasteiger charge is -2.12. The van der Waals surface area contributed by atoms with Gasteiger partial charge >= 0.3 is 0 Å². The van der Waals surface area contributed by atoms with Crippen LogP contribution < -0.4 is 10.1 Å². The van der Waals surface area contributed by atoms with Gasteiger partial charge in [-0.25, -0.2) is 0 Å². The summed E-state index contributed by atoms with van der Waals surface area (Å²) in [6.07, 6.45) is 0. The van der Waals surface area contributed by atoms with Crippen molar-refractivity contribution in [2.24, 2.45) is 0 Å². The SMILES string of the molecule is CNC(=O)c1ccc(COc2c(Cl)c(Cl)c(Cl)c(Cl)c2Cl)o1. The van der Waals surface area contributed by atoms with Gasteiger partial charge in [0.25, 0.3) is 5.91 Å². The molecule has 4 nitrogen and oxygen atoms in total.